The van der Waals surface area contributed by atoms with Crippen LogP contribution < -0.4 is 4.74 Å². The summed E-state index contributed by atoms with van der Waals surface area (Å²) in [6, 6.07) is 12.3. The molecule has 0 fully saturated rings. The van der Waals surface area contributed by atoms with Gasteiger partial charge in [-0.05, 0) is 47.9 Å². The average molecular weight is 365 g/mol. The van der Waals surface area contributed by atoms with Gasteiger partial charge in [-0.2, -0.15) is 5.26 Å². The quantitative estimate of drug-likeness (QED) is 0.853. The molecule has 0 bridgehead atoms. The summed E-state index contributed by atoms with van der Waals surface area (Å²) in [6.45, 7) is 5.55. The van der Waals surface area contributed by atoms with E-state index >= 15 is 0 Å². The van der Waals surface area contributed by atoms with Crippen molar-refractivity contribution < 1.29 is 24.1 Å². The van der Waals surface area contributed by atoms with Crippen LogP contribution in [0.2, 0.25) is 0 Å². The predicted molar refractivity (Wildman–Crippen MR) is 98.1 cm³/mol. The van der Waals surface area contributed by atoms with Crippen molar-refractivity contribution in [3.8, 4) is 22.9 Å². The van der Waals surface area contributed by atoms with Crippen LogP contribution in [0.15, 0.2) is 48.4 Å². The molecule has 0 saturated carbocycles. The molecule has 1 aliphatic rings. The lowest BCUT2D eigenvalue weighted by Crippen LogP contribution is -2.21. The van der Waals surface area contributed by atoms with Crippen LogP contribution in [0.3, 0.4) is 0 Å². The Hall–Kier alpha value is -3.46. The third-order valence-corrected chi connectivity index (χ3v) is 3.99. The number of aryl methyl sites for hydroxylation is 1. The number of carbonyl (C=O) groups is 1. The minimum Gasteiger partial charge on any atom is -0.486 e. The third-order valence-electron chi connectivity index (χ3n) is 3.99. The van der Waals surface area contributed by atoms with Gasteiger partial charge in [-0.15, -0.1) is 0 Å². The number of benzene rings is 2. The van der Waals surface area contributed by atoms with E-state index in [1.807, 2.05) is 13.0 Å². The molecule has 3 rings (SSSR count). The largest absolute Gasteiger partial charge is 0.486 e. The highest BCUT2D eigenvalue weighted by molar-refractivity contribution is 5.90. The van der Waals surface area contributed by atoms with E-state index in [4.69, 9.17) is 14.2 Å². The van der Waals surface area contributed by atoms with Crippen LogP contribution >= 0.6 is 0 Å². The number of hydrogen-bond donors (Lipinski definition) is 1. The summed E-state index contributed by atoms with van der Waals surface area (Å²) in [7, 11) is 0. The molecule has 0 unspecified atom stereocenters. The number of aromatic carboxylic acids is 1. The zero-order valence-corrected chi connectivity index (χ0v) is 15.3. The van der Waals surface area contributed by atoms with Crippen molar-refractivity contribution >= 4 is 5.97 Å². The Morgan fingerprint density at radius 3 is 2.67 bits per heavy atom. The number of carboxylic acid groups (broad SMARTS) is 1. The standard InChI is InChI=1S/C21H19NO5/c1-13-4-5-19(16(6-13)10-22)14-7-15(20(23)24)9-17(8-14)25-11-18-12-26-21(2,3)27-18/h4-9,12H,11H2,1-3H3,(H,23,24). The maximum Gasteiger partial charge on any atom is 0.335 e. The SMILES string of the molecule is Cc1ccc(-c2cc(OCC3=COC(C)(C)O3)cc(C(=O)O)c2)c(C#N)c1. The van der Waals surface area contributed by atoms with Gasteiger partial charge in [-0.1, -0.05) is 12.1 Å². The summed E-state index contributed by atoms with van der Waals surface area (Å²) in [6.07, 6.45) is 1.48. The van der Waals surface area contributed by atoms with Crippen molar-refractivity contribution in [2.24, 2.45) is 0 Å². The fourth-order valence-corrected chi connectivity index (χ4v) is 2.75. The highest BCUT2D eigenvalue weighted by Crippen LogP contribution is 2.30. The van der Waals surface area contributed by atoms with Gasteiger partial charge in [0.25, 0.3) is 0 Å². The first-order valence-corrected chi connectivity index (χ1v) is 8.35. The minimum atomic E-state index is -1.08. The van der Waals surface area contributed by atoms with E-state index < -0.39 is 11.8 Å². The molecule has 1 aliphatic heterocycles. The van der Waals surface area contributed by atoms with E-state index in [2.05, 4.69) is 6.07 Å². The van der Waals surface area contributed by atoms with Gasteiger partial charge in [0, 0.05) is 13.8 Å². The summed E-state index contributed by atoms with van der Waals surface area (Å²) >= 11 is 0. The summed E-state index contributed by atoms with van der Waals surface area (Å²) in [5.74, 6) is -0.942. The molecule has 27 heavy (non-hydrogen) atoms. The Labute approximate surface area is 157 Å². The topological polar surface area (TPSA) is 88.8 Å². The molecule has 2 aromatic carbocycles. The molecule has 1 N–H and O–H groups in total. The van der Waals surface area contributed by atoms with Gasteiger partial charge in [0.2, 0.25) is 5.79 Å². The summed E-state index contributed by atoms with van der Waals surface area (Å²) in [5, 5.41) is 18.8. The zero-order chi connectivity index (χ0) is 19.6. The predicted octanol–water partition coefficient (Wildman–Crippen LogP) is 4.24. The Morgan fingerprint density at radius 1 is 1.26 bits per heavy atom. The molecule has 0 spiro atoms. The molecule has 6 heteroatoms. The fraction of sp³-hybridized carbons (Fsp3) is 0.238. The van der Waals surface area contributed by atoms with Crippen LogP contribution in [0.25, 0.3) is 11.1 Å². The van der Waals surface area contributed by atoms with Crippen molar-refractivity contribution in [1.82, 2.24) is 0 Å². The van der Waals surface area contributed by atoms with Crippen molar-refractivity contribution in [2.45, 2.75) is 26.6 Å². The number of hydrogen-bond acceptors (Lipinski definition) is 5. The van der Waals surface area contributed by atoms with E-state index in [-0.39, 0.29) is 12.2 Å². The maximum atomic E-state index is 11.5. The van der Waals surface area contributed by atoms with Gasteiger partial charge in [-0.3, -0.25) is 0 Å². The number of rotatable bonds is 5. The van der Waals surface area contributed by atoms with Crippen LogP contribution in [0.4, 0.5) is 0 Å². The van der Waals surface area contributed by atoms with E-state index in [9.17, 15) is 15.2 Å². The molecule has 0 aromatic heterocycles. The lowest BCUT2D eigenvalue weighted by Gasteiger charge is -2.18. The van der Waals surface area contributed by atoms with Crippen LogP contribution in [-0.4, -0.2) is 23.5 Å². The van der Waals surface area contributed by atoms with Gasteiger partial charge >= 0.3 is 5.97 Å². The molecular weight excluding hydrogens is 346 g/mol. The summed E-state index contributed by atoms with van der Waals surface area (Å²) in [4.78, 5) is 11.5. The number of nitrogens with zero attached hydrogens (tertiary/aromatic N) is 1. The molecule has 0 radical (unpaired) electrons. The van der Waals surface area contributed by atoms with Crippen LogP contribution in [-0.2, 0) is 9.47 Å². The van der Waals surface area contributed by atoms with Gasteiger partial charge in [0.1, 0.15) is 18.6 Å². The molecular formula is C21H19NO5. The second-order valence-electron chi connectivity index (χ2n) is 6.70. The van der Waals surface area contributed by atoms with Gasteiger partial charge in [-0.25, -0.2) is 4.79 Å². The molecule has 138 valence electrons. The Bertz CT molecular complexity index is 969. The summed E-state index contributed by atoms with van der Waals surface area (Å²) < 4.78 is 16.6. The zero-order valence-electron chi connectivity index (χ0n) is 15.3. The minimum absolute atomic E-state index is 0.0739. The fourth-order valence-electron chi connectivity index (χ4n) is 2.75. The lowest BCUT2D eigenvalue weighted by atomic mass is 9.97. The van der Waals surface area contributed by atoms with Crippen molar-refractivity contribution in [1.29, 1.82) is 5.26 Å². The van der Waals surface area contributed by atoms with Crippen molar-refractivity contribution in [3.05, 3.63) is 65.1 Å². The second-order valence-corrected chi connectivity index (χ2v) is 6.70. The molecule has 6 nitrogen and oxygen atoms in total. The summed E-state index contributed by atoms with van der Waals surface area (Å²) in [5.41, 5.74) is 2.75. The Kier molecular flexibility index (Phi) is 4.78. The average Bonchev–Trinajstić information content (AvgIpc) is 2.98. The van der Waals surface area contributed by atoms with Crippen molar-refractivity contribution in [2.75, 3.05) is 6.61 Å². The van der Waals surface area contributed by atoms with Crippen molar-refractivity contribution in [3.63, 3.8) is 0 Å². The highest BCUT2D eigenvalue weighted by atomic mass is 16.7. The lowest BCUT2D eigenvalue weighted by molar-refractivity contribution is -0.119. The normalized spacial score (nSPS) is 14.5. The van der Waals surface area contributed by atoms with Crippen LogP contribution in [0.1, 0.15) is 35.3 Å². The van der Waals surface area contributed by atoms with E-state index in [1.54, 1.807) is 32.0 Å². The third kappa shape index (κ3) is 4.21. The van der Waals surface area contributed by atoms with E-state index in [0.29, 0.717) is 28.2 Å². The van der Waals surface area contributed by atoms with Gasteiger partial charge in [0.05, 0.1) is 17.2 Å². The van der Waals surface area contributed by atoms with E-state index in [0.717, 1.165) is 5.56 Å². The number of nitriles is 1. The second kappa shape index (κ2) is 7.04. The Morgan fingerprint density at radius 2 is 2.04 bits per heavy atom. The first-order chi connectivity index (χ1) is 12.8. The number of ether oxygens (including phenoxy) is 3. The maximum absolute atomic E-state index is 11.5. The van der Waals surface area contributed by atoms with Crippen LogP contribution in [0.5, 0.6) is 5.75 Å². The molecule has 0 atom stereocenters. The molecule has 1 heterocycles. The molecule has 0 saturated heterocycles. The number of carboxylic acids is 1. The van der Waals surface area contributed by atoms with E-state index in [1.165, 1.54) is 18.4 Å². The smallest absolute Gasteiger partial charge is 0.335 e. The first-order valence-electron chi connectivity index (χ1n) is 8.35. The highest BCUT2D eigenvalue weighted by Gasteiger charge is 2.27. The Balaban J connectivity index is 1.92. The molecule has 0 aliphatic carbocycles. The monoisotopic (exact) mass is 365 g/mol. The van der Waals surface area contributed by atoms with Gasteiger partial charge < -0.3 is 19.3 Å². The van der Waals surface area contributed by atoms with Gasteiger partial charge in [0.15, 0.2) is 5.76 Å². The first kappa shape index (κ1) is 18.3. The van der Waals surface area contributed by atoms with Crippen LogP contribution in [0, 0.1) is 18.3 Å². The molecule has 0 amide bonds. The molecule has 2 aromatic rings.